The SMILES string of the molecule is COCCOCCOCCS(=O)(=O)c1ccc(N)cc1Cl. The Bertz CT molecular complexity index is 535. The molecule has 120 valence electrons. The third-order valence-electron chi connectivity index (χ3n) is 2.59. The fourth-order valence-corrected chi connectivity index (χ4v) is 3.24. The van der Waals surface area contributed by atoms with Crippen molar-refractivity contribution < 1.29 is 22.6 Å². The van der Waals surface area contributed by atoms with E-state index >= 15 is 0 Å². The van der Waals surface area contributed by atoms with Gasteiger partial charge in [0.1, 0.15) is 0 Å². The first-order chi connectivity index (χ1) is 9.97. The molecule has 0 aliphatic rings. The predicted octanol–water partition coefficient (Wildman–Crippen LogP) is 1.38. The standard InChI is InChI=1S/C13H20ClNO5S/c1-18-4-5-19-6-7-20-8-9-21(16,17)13-3-2-11(15)10-12(13)14/h2-3,10H,4-9,15H2,1H3. The van der Waals surface area contributed by atoms with Gasteiger partial charge in [-0.05, 0) is 18.2 Å². The van der Waals surface area contributed by atoms with Crippen molar-refractivity contribution in [3.63, 3.8) is 0 Å². The Morgan fingerprint density at radius 2 is 1.71 bits per heavy atom. The van der Waals surface area contributed by atoms with Crippen LogP contribution in [0, 0.1) is 0 Å². The lowest BCUT2D eigenvalue weighted by molar-refractivity contribution is 0.0284. The van der Waals surface area contributed by atoms with E-state index in [1.807, 2.05) is 0 Å². The molecule has 0 aliphatic carbocycles. The molecule has 1 aromatic rings. The summed E-state index contributed by atoms with van der Waals surface area (Å²) in [5.41, 5.74) is 5.95. The average molecular weight is 338 g/mol. The van der Waals surface area contributed by atoms with E-state index in [1.165, 1.54) is 18.2 Å². The molecule has 0 saturated carbocycles. The first-order valence-corrected chi connectivity index (χ1v) is 8.42. The number of sulfone groups is 1. The summed E-state index contributed by atoms with van der Waals surface area (Å²) >= 11 is 5.89. The van der Waals surface area contributed by atoms with Crippen molar-refractivity contribution >= 4 is 27.1 Å². The van der Waals surface area contributed by atoms with E-state index in [1.54, 1.807) is 7.11 Å². The Balaban J connectivity index is 2.33. The highest BCUT2D eigenvalue weighted by atomic mass is 35.5. The van der Waals surface area contributed by atoms with Crippen molar-refractivity contribution in [3.8, 4) is 0 Å². The molecule has 0 saturated heterocycles. The van der Waals surface area contributed by atoms with Crippen LogP contribution in [0.15, 0.2) is 23.1 Å². The molecule has 6 nitrogen and oxygen atoms in total. The number of ether oxygens (including phenoxy) is 3. The van der Waals surface area contributed by atoms with Gasteiger partial charge in [-0.3, -0.25) is 0 Å². The summed E-state index contributed by atoms with van der Waals surface area (Å²) in [5, 5.41) is 0.123. The third kappa shape index (κ3) is 6.62. The summed E-state index contributed by atoms with van der Waals surface area (Å²) in [6.07, 6.45) is 0. The van der Waals surface area contributed by atoms with Crippen molar-refractivity contribution in [2.45, 2.75) is 4.90 Å². The van der Waals surface area contributed by atoms with Crippen molar-refractivity contribution in [3.05, 3.63) is 23.2 Å². The van der Waals surface area contributed by atoms with Gasteiger partial charge in [0.2, 0.25) is 0 Å². The van der Waals surface area contributed by atoms with Gasteiger partial charge in [0.25, 0.3) is 0 Å². The molecule has 0 amide bonds. The zero-order valence-electron chi connectivity index (χ0n) is 11.9. The van der Waals surface area contributed by atoms with Crippen LogP contribution in [-0.2, 0) is 24.0 Å². The smallest absolute Gasteiger partial charge is 0.182 e. The molecule has 0 atom stereocenters. The maximum absolute atomic E-state index is 12.1. The normalized spacial score (nSPS) is 11.7. The largest absolute Gasteiger partial charge is 0.399 e. The lowest BCUT2D eigenvalue weighted by Crippen LogP contribution is -2.15. The highest BCUT2D eigenvalue weighted by Gasteiger charge is 2.17. The van der Waals surface area contributed by atoms with Crippen LogP contribution in [0.25, 0.3) is 0 Å². The number of hydrogen-bond donors (Lipinski definition) is 1. The van der Waals surface area contributed by atoms with Gasteiger partial charge in [-0.15, -0.1) is 0 Å². The maximum atomic E-state index is 12.1. The Hall–Kier alpha value is -0.860. The lowest BCUT2D eigenvalue weighted by Gasteiger charge is -2.08. The number of benzene rings is 1. The summed E-state index contributed by atoms with van der Waals surface area (Å²) < 4.78 is 39.4. The Kier molecular flexibility index (Phi) is 7.98. The second-order valence-corrected chi connectivity index (χ2v) is 6.71. The molecule has 8 heteroatoms. The molecule has 1 rings (SSSR count). The summed E-state index contributed by atoms with van der Waals surface area (Å²) in [7, 11) is -1.89. The summed E-state index contributed by atoms with van der Waals surface area (Å²) in [5.74, 6) is -0.144. The molecule has 0 fully saturated rings. The number of hydrogen-bond acceptors (Lipinski definition) is 6. The second-order valence-electron chi connectivity index (χ2n) is 4.23. The van der Waals surface area contributed by atoms with E-state index in [-0.39, 0.29) is 22.3 Å². The molecule has 2 N–H and O–H groups in total. The van der Waals surface area contributed by atoms with Gasteiger partial charge < -0.3 is 19.9 Å². The quantitative estimate of drug-likeness (QED) is 0.512. The Morgan fingerprint density at radius 1 is 1.10 bits per heavy atom. The fraction of sp³-hybridized carbons (Fsp3) is 0.538. The minimum Gasteiger partial charge on any atom is -0.399 e. The van der Waals surface area contributed by atoms with Crippen LogP contribution >= 0.6 is 11.6 Å². The van der Waals surface area contributed by atoms with E-state index in [9.17, 15) is 8.42 Å². The highest BCUT2D eigenvalue weighted by molar-refractivity contribution is 7.91. The van der Waals surface area contributed by atoms with Gasteiger partial charge in [0.05, 0.1) is 48.7 Å². The molecule has 0 spiro atoms. The first kappa shape index (κ1) is 18.2. The van der Waals surface area contributed by atoms with Crippen LogP contribution in [0.1, 0.15) is 0 Å². The lowest BCUT2D eigenvalue weighted by atomic mass is 10.3. The van der Waals surface area contributed by atoms with Gasteiger partial charge in [-0.2, -0.15) is 0 Å². The van der Waals surface area contributed by atoms with Crippen LogP contribution in [0.2, 0.25) is 5.02 Å². The number of nitrogens with two attached hydrogens (primary N) is 1. The fourth-order valence-electron chi connectivity index (χ4n) is 1.51. The third-order valence-corrected chi connectivity index (χ3v) is 4.75. The van der Waals surface area contributed by atoms with Crippen LogP contribution in [-0.4, -0.2) is 54.3 Å². The minimum absolute atomic E-state index is 0.0679. The van der Waals surface area contributed by atoms with Gasteiger partial charge in [-0.25, -0.2) is 8.42 Å². The molecule has 1 aromatic carbocycles. The van der Waals surface area contributed by atoms with E-state index in [2.05, 4.69) is 0 Å². The molecule has 0 heterocycles. The molecular weight excluding hydrogens is 318 g/mol. The zero-order chi connectivity index (χ0) is 15.7. The number of anilines is 1. The topological polar surface area (TPSA) is 87.9 Å². The summed E-state index contributed by atoms with van der Waals surface area (Å²) in [4.78, 5) is 0.0679. The monoisotopic (exact) mass is 337 g/mol. The molecule has 0 unspecified atom stereocenters. The van der Waals surface area contributed by atoms with Crippen molar-refractivity contribution in [2.24, 2.45) is 0 Å². The van der Waals surface area contributed by atoms with Crippen LogP contribution in [0.3, 0.4) is 0 Å². The van der Waals surface area contributed by atoms with Crippen LogP contribution in [0.4, 0.5) is 5.69 Å². The average Bonchev–Trinajstić information content (AvgIpc) is 2.41. The van der Waals surface area contributed by atoms with E-state index < -0.39 is 9.84 Å². The Morgan fingerprint density at radius 3 is 2.33 bits per heavy atom. The molecular formula is C13H20ClNO5S. The Labute approximate surface area is 130 Å². The number of methoxy groups -OCH3 is 1. The molecule has 21 heavy (non-hydrogen) atoms. The van der Waals surface area contributed by atoms with Crippen LogP contribution in [0.5, 0.6) is 0 Å². The van der Waals surface area contributed by atoms with Gasteiger partial charge >= 0.3 is 0 Å². The summed E-state index contributed by atoms with van der Waals surface area (Å²) in [6, 6.07) is 4.32. The zero-order valence-corrected chi connectivity index (χ0v) is 13.5. The van der Waals surface area contributed by atoms with Crippen molar-refractivity contribution in [2.75, 3.05) is 51.6 Å². The van der Waals surface area contributed by atoms with Crippen LogP contribution < -0.4 is 5.73 Å². The molecule has 0 bridgehead atoms. The minimum atomic E-state index is -3.48. The molecule has 0 aliphatic heterocycles. The van der Waals surface area contributed by atoms with Gasteiger partial charge in [-0.1, -0.05) is 11.6 Å². The van der Waals surface area contributed by atoms with Gasteiger partial charge in [0, 0.05) is 12.8 Å². The van der Waals surface area contributed by atoms with Gasteiger partial charge in [0.15, 0.2) is 9.84 Å². The first-order valence-electron chi connectivity index (χ1n) is 6.39. The number of rotatable bonds is 10. The predicted molar refractivity (Wildman–Crippen MR) is 81.4 cm³/mol. The van der Waals surface area contributed by atoms with E-state index in [0.29, 0.717) is 32.1 Å². The molecule has 0 aromatic heterocycles. The number of halogens is 1. The second kappa shape index (κ2) is 9.22. The summed E-state index contributed by atoms with van der Waals surface area (Å²) in [6.45, 7) is 1.81. The van der Waals surface area contributed by atoms with E-state index in [0.717, 1.165) is 0 Å². The highest BCUT2D eigenvalue weighted by Crippen LogP contribution is 2.24. The molecule has 0 radical (unpaired) electrons. The maximum Gasteiger partial charge on any atom is 0.182 e. The van der Waals surface area contributed by atoms with E-state index in [4.69, 9.17) is 31.5 Å². The van der Waals surface area contributed by atoms with Crippen molar-refractivity contribution in [1.29, 1.82) is 0 Å². The van der Waals surface area contributed by atoms with Crippen molar-refractivity contribution in [1.82, 2.24) is 0 Å². The number of nitrogen functional groups attached to an aromatic ring is 1.